The number of methoxy groups -OCH3 is 1. The number of aromatic nitrogens is 4. The Morgan fingerprint density at radius 3 is 2.40 bits per heavy atom. The standard InChI is InChI=1S/C26H31ClF3N7O3/c1-14(40-4)21-20(13-31-25-34-24(27)35-37(21)25)33-19-9-5-16(6-10-19)22(26(28,29)30)36(3)23(39)17-7-11-18(12-8-17)32-15(2)38/h5-6,9-10,13-14,17-18,22,33H,7-8,11-12H2,1-4H3,(H,32,38)/t14-,17?,18?,22-/m0/s1. The number of carbonyl (C=O) groups is 2. The van der Waals surface area contributed by atoms with Crippen LogP contribution in [-0.4, -0.2) is 62.7 Å². The first-order valence-electron chi connectivity index (χ1n) is 12.8. The van der Waals surface area contributed by atoms with Crippen LogP contribution in [0.3, 0.4) is 0 Å². The summed E-state index contributed by atoms with van der Waals surface area (Å²) in [5, 5.41) is 10.1. The van der Waals surface area contributed by atoms with Gasteiger partial charge in [-0.1, -0.05) is 12.1 Å². The first kappa shape index (κ1) is 29.5. The minimum atomic E-state index is -4.69. The summed E-state index contributed by atoms with van der Waals surface area (Å²) < 4.78 is 49.7. The minimum absolute atomic E-state index is 0.0104. The molecule has 1 aliphatic rings. The van der Waals surface area contributed by atoms with Crippen molar-refractivity contribution in [1.29, 1.82) is 0 Å². The van der Waals surface area contributed by atoms with Gasteiger partial charge in [0.25, 0.3) is 5.78 Å². The molecule has 1 fully saturated rings. The van der Waals surface area contributed by atoms with E-state index in [0.717, 1.165) is 4.90 Å². The van der Waals surface area contributed by atoms with Crippen molar-refractivity contribution >= 4 is 40.6 Å². The molecule has 0 unspecified atom stereocenters. The molecule has 4 rings (SSSR count). The Kier molecular flexibility index (Phi) is 8.83. The second-order valence-electron chi connectivity index (χ2n) is 9.92. The Bertz CT molecular complexity index is 1360. The largest absolute Gasteiger partial charge is 0.413 e. The second kappa shape index (κ2) is 12.0. The number of anilines is 2. The highest BCUT2D eigenvalue weighted by atomic mass is 35.5. The smallest absolute Gasteiger partial charge is 0.375 e. The van der Waals surface area contributed by atoms with Crippen LogP contribution < -0.4 is 10.6 Å². The third-order valence-electron chi connectivity index (χ3n) is 7.15. The van der Waals surface area contributed by atoms with Gasteiger partial charge in [0.1, 0.15) is 0 Å². The predicted octanol–water partition coefficient (Wildman–Crippen LogP) is 4.99. The zero-order valence-corrected chi connectivity index (χ0v) is 23.3. The topological polar surface area (TPSA) is 114 Å². The van der Waals surface area contributed by atoms with Gasteiger partial charge >= 0.3 is 6.18 Å². The number of fused-ring (bicyclic) bond motifs is 1. The molecule has 2 heterocycles. The lowest BCUT2D eigenvalue weighted by atomic mass is 9.84. The first-order valence-corrected chi connectivity index (χ1v) is 13.2. The molecule has 1 aliphatic carbocycles. The third kappa shape index (κ3) is 6.47. The molecule has 2 amide bonds. The minimum Gasteiger partial charge on any atom is -0.375 e. The summed E-state index contributed by atoms with van der Waals surface area (Å²) >= 11 is 5.94. The van der Waals surface area contributed by atoms with Crippen LogP contribution in [0.2, 0.25) is 5.28 Å². The van der Waals surface area contributed by atoms with E-state index in [1.807, 2.05) is 0 Å². The number of halogens is 4. The van der Waals surface area contributed by atoms with Gasteiger partial charge < -0.3 is 20.3 Å². The number of alkyl halides is 3. The summed E-state index contributed by atoms with van der Waals surface area (Å²) in [7, 11) is 2.72. The van der Waals surface area contributed by atoms with Crippen LogP contribution >= 0.6 is 11.6 Å². The predicted molar refractivity (Wildman–Crippen MR) is 142 cm³/mol. The number of amides is 2. The average Bonchev–Trinajstić information content (AvgIpc) is 3.28. The fourth-order valence-electron chi connectivity index (χ4n) is 5.15. The molecule has 40 heavy (non-hydrogen) atoms. The van der Waals surface area contributed by atoms with Crippen molar-refractivity contribution in [3.05, 3.63) is 47.0 Å². The fourth-order valence-corrected chi connectivity index (χ4v) is 5.30. The lowest BCUT2D eigenvalue weighted by Crippen LogP contribution is -2.45. The average molecular weight is 582 g/mol. The molecule has 0 saturated heterocycles. The van der Waals surface area contributed by atoms with Gasteiger partial charge in [-0.05, 0) is 61.9 Å². The number of ether oxygens (including phenoxy) is 1. The van der Waals surface area contributed by atoms with Crippen molar-refractivity contribution in [2.24, 2.45) is 5.92 Å². The molecule has 1 aromatic carbocycles. The molecule has 2 N–H and O–H groups in total. The Labute approximate surface area is 234 Å². The number of carbonyl (C=O) groups excluding carboxylic acids is 2. The molecule has 1 saturated carbocycles. The Morgan fingerprint density at radius 1 is 1.18 bits per heavy atom. The van der Waals surface area contributed by atoms with E-state index >= 15 is 0 Å². The summed E-state index contributed by atoms with van der Waals surface area (Å²) in [5.41, 5.74) is 1.50. The van der Waals surface area contributed by atoms with Gasteiger partial charge in [0, 0.05) is 38.7 Å². The van der Waals surface area contributed by atoms with Crippen LogP contribution in [0.25, 0.3) is 5.78 Å². The molecule has 2 aromatic heterocycles. The van der Waals surface area contributed by atoms with Crippen LogP contribution in [-0.2, 0) is 14.3 Å². The molecule has 216 valence electrons. The van der Waals surface area contributed by atoms with E-state index in [1.165, 1.54) is 56.1 Å². The highest BCUT2D eigenvalue weighted by Crippen LogP contribution is 2.39. The number of hydrogen-bond acceptors (Lipinski definition) is 7. The van der Waals surface area contributed by atoms with Gasteiger partial charge in [-0.3, -0.25) is 9.59 Å². The number of benzene rings is 1. The maximum absolute atomic E-state index is 14.3. The molecular weight excluding hydrogens is 551 g/mol. The third-order valence-corrected chi connectivity index (χ3v) is 7.31. The van der Waals surface area contributed by atoms with Crippen LogP contribution in [0.15, 0.2) is 30.5 Å². The van der Waals surface area contributed by atoms with Gasteiger partial charge in [-0.25, -0.2) is 4.98 Å². The van der Waals surface area contributed by atoms with Crippen molar-refractivity contribution in [2.45, 2.75) is 63.9 Å². The lowest BCUT2D eigenvalue weighted by molar-refractivity contribution is -0.191. The highest BCUT2D eigenvalue weighted by molar-refractivity contribution is 6.28. The summed E-state index contributed by atoms with van der Waals surface area (Å²) in [6.07, 6.45) is -1.68. The molecule has 10 nitrogen and oxygen atoms in total. The van der Waals surface area contributed by atoms with E-state index in [1.54, 1.807) is 6.92 Å². The first-order chi connectivity index (χ1) is 18.9. The number of hydrogen-bond donors (Lipinski definition) is 2. The maximum Gasteiger partial charge on any atom is 0.413 e. The van der Waals surface area contributed by atoms with E-state index < -0.39 is 30.1 Å². The van der Waals surface area contributed by atoms with Crippen molar-refractivity contribution < 1.29 is 27.5 Å². The number of nitrogens with zero attached hydrogens (tertiary/aromatic N) is 5. The van der Waals surface area contributed by atoms with Gasteiger partial charge in [0.2, 0.25) is 17.1 Å². The van der Waals surface area contributed by atoms with Crippen LogP contribution in [0.5, 0.6) is 0 Å². The Balaban J connectivity index is 1.53. The Morgan fingerprint density at radius 2 is 1.82 bits per heavy atom. The second-order valence-corrected chi connectivity index (χ2v) is 10.3. The molecule has 0 radical (unpaired) electrons. The quantitative estimate of drug-likeness (QED) is 0.385. The van der Waals surface area contributed by atoms with Crippen LogP contribution in [0, 0.1) is 5.92 Å². The highest BCUT2D eigenvalue weighted by Gasteiger charge is 2.46. The summed E-state index contributed by atoms with van der Waals surface area (Å²) in [5.74, 6) is -0.982. The van der Waals surface area contributed by atoms with Crippen molar-refractivity contribution in [2.75, 3.05) is 19.5 Å². The SMILES string of the molecule is CO[C@@H](C)c1c(Nc2ccc([C@H](N(C)C(=O)C3CCC(NC(C)=O)CC3)C(F)(F)F)cc2)cnc2nc(Cl)nn12. The number of rotatable bonds is 8. The summed E-state index contributed by atoms with van der Waals surface area (Å²) in [4.78, 5) is 33.5. The van der Waals surface area contributed by atoms with E-state index in [0.29, 0.717) is 42.8 Å². The van der Waals surface area contributed by atoms with Crippen molar-refractivity contribution in [3.63, 3.8) is 0 Å². The molecular formula is C26H31ClF3N7O3. The Hall–Kier alpha value is -3.45. The lowest BCUT2D eigenvalue weighted by Gasteiger charge is -2.35. The molecule has 0 spiro atoms. The molecule has 2 atom stereocenters. The molecule has 0 bridgehead atoms. The maximum atomic E-state index is 14.3. The monoisotopic (exact) mass is 581 g/mol. The number of nitrogens with one attached hydrogen (secondary N) is 2. The van der Waals surface area contributed by atoms with Gasteiger partial charge in [-0.15, -0.1) is 5.10 Å². The van der Waals surface area contributed by atoms with Crippen molar-refractivity contribution in [1.82, 2.24) is 29.8 Å². The van der Waals surface area contributed by atoms with Gasteiger partial charge in [0.15, 0.2) is 6.04 Å². The van der Waals surface area contributed by atoms with Gasteiger partial charge in [-0.2, -0.15) is 22.7 Å². The normalized spacial score (nSPS) is 19.2. The fraction of sp³-hybridized carbons (Fsp3) is 0.500. The molecule has 14 heteroatoms. The summed E-state index contributed by atoms with van der Waals surface area (Å²) in [6.45, 7) is 3.22. The molecule has 0 aliphatic heterocycles. The van der Waals surface area contributed by atoms with E-state index in [-0.39, 0.29) is 28.6 Å². The molecule has 3 aromatic rings. The van der Waals surface area contributed by atoms with Gasteiger partial charge in [0.05, 0.1) is 23.7 Å². The van der Waals surface area contributed by atoms with Crippen LogP contribution in [0.4, 0.5) is 24.5 Å². The van der Waals surface area contributed by atoms with E-state index in [9.17, 15) is 22.8 Å². The van der Waals surface area contributed by atoms with Crippen LogP contribution in [0.1, 0.15) is 62.9 Å². The zero-order chi connectivity index (χ0) is 29.2. The van der Waals surface area contributed by atoms with E-state index in [4.69, 9.17) is 16.3 Å². The zero-order valence-electron chi connectivity index (χ0n) is 22.5. The summed E-state index contributed by atoms with van der Waals surface area (Å²) in [6, 6.07) is 3.53. The van der Waals surface area contributed by atoms with Crippen molar-refractivity contribution in [3.8, 4) is 0 Å². The van der Waals surface area contributed by atoms with E-state index in [2.05, 4.69) is 25.7 Å².